The Kier molecular flexibility index (Phi) is 12.3. The van der Waals surface area contributed by atoms with Crippen molar-refractivity contribution in [3.05, 3.63) is 142 Å². The molecule has 292 valence electrons. The Morgan fingerprint density at radius 2 is 0.911 bits per heavy atom. The lowest BCUT2D eigenvalue weighted by molar-refractivity contribution is -0.202. The number of benzene rings is 4. The number of carbonyl (C=O) groups excluding carboxylic acids is 2. The maximum absolute atomic E-state index is 12.1. The number of aryl methyl sites for hydroxylation is 4. The zero-order chi connectivity index (χ0) is 39.3. The highest BCUT2D eigenvalue weighted by Crippen LogP contribution is 2.37. The molecule has 4 aromatic carbocycles. The topological polar surface area (TPSA) is 118 Å². The van der Waals surface area contributed by atoms with Gasteiger partial charge >= 0.3 is 11.9 Å². The van der Waals surface area contributed by atoms with E-state index in [4.69, 9.17) is 19.1 Å². The average molecular weight is 759 g/mol. The van der Waals surface area contributed by atoms with Gasteiger partial charge in [0.1, 0.15) is 24.3 Å². The van der Waals surface area contributed by atoms with Gasteiger partial charge in [-0.1, -0.05) is 95.8 Å². The van der Waals surface area contributed by atoms with E-state index in [0.29, 0.717) is 26.3 Å². The molecule has 8 atom stereocenters. The van der Waals surface area contributed by atoms with Crippen LogP contribution in [0.3, 0.4) is 0 Å². The smallest absolute Gasteiger partial charge is 0.326 e. The number of carbonyl (C=O) groups is 2. The number of hydrogen-bond acceptors (Lipinski definition) is 10. The Labute approximate surface area is 328 Å². The number of fused-ring (bicyclic) bond motifs is 2. The first-order chi connectivity index (χ1) is 27.0. The van der Waals surface area contributed by atoms with Crippen LogP contribution in [0.5, 0.6) is 0 Å². The fourth-order valence-electron chi connectivity index (χ4n) is 7.72. The van der Waals surface area contributed by atoms with Gasteiger partial charge in [-0.25, -0.2) is 0 Å². The molecule has 4 fully saturated rings. The summed E-state index contributed by atoms with van der Waals surface area (Å²) >= 11 is 0. The van der Waals surface area contributed by atoms with Crippen molar-refractivity contribution in [1.82, 2.24) is 10.1 Å². The number of aliphatic hydroxyl groups excluding tert-OH is 2. The van der Waals surface area contributed by atoms with Crippen molar-refractivity contribution in [2.45, 2.75) is 90.1 Å². The minimum atomic E-state index is -0.661. The van der Waals surface area contributed by atoms with Crippen molar-refractivity contribution in [2.24, 2.45) is 11.8 Å². The van der Waals surface area contributed by atoms with Crippen LogP contribution in [-0.2, 0) is 54.7 Å². The second kappa shape index (κ2) is 17.5. The summed E-state index contributed by atoms with van der Waals surface area (Å²) in [6.45, 7) is 9.08. The summed E-state index contributed by atoms with van der Waals surface area (Å²) in [7, 11) is 0. The minimum absolute atomic E-state index is 0.110. The van der Waals surface area contributed by atoms with Gasteiger partial charge in [-0.2, -0.15) is 10.1 Å². The molecule has 4 aliphatic rings. The predicted octanol–water partition coefficient (Wildman–Crippen LogP) is 5.25. The van der Waals surface area contributed by atoms with Crippen LogP contribution >= 0.6 is 0 Å². The highest BCUT2D eigenvalue weighted by atomic mass is 16.7. The summed E-state index contributed by atoms with van der Waals surface area (Å²) in [5.74, 6) is 5.54. The van der Waals surface area contributed by atoms with E-state index in [1.54, 1.807) is 24.0 Å². The number of hydroxylamine groups is 4. The highest BCUT2D eigenvalue weighted by molar-refractivity contribution is 5.79. The third kappa shape index (κ3) is 9.22. The lowest BCUT2D eigenvalue weighted by Crippen LogP contribution is -2.35. The van der Waals surface area contributed by atoms with E-state index in [1.165, 1.54) is 22.3 Å². The molecule has 0 aromatic heterocycles. The molecule has 10 nitrogen and oxygen atoms in total. The van der Waals surface area contributed by atoms with E-state index < -0.39 is 36.5 Å². The van der Waals surface area contributed by atoms with Gasteiger partial charge in [-0.3, -0.25) is 19.3 Å². The highest BCUT2D eigenvalue weighted by Gasteiger charge is 2.55. The van der Waals surface area contributed by atoms with Gasteiger partial charge in [-0.05, 0) is 87.1 Å². The molecule has 0 bridgehead atoms. The number of cyclic esters (lactones) is 2. The van der Waals surface area contributed by atoms with Crippen LogP contribution in [0.25, 0.3) is 0 Å². The maximum atomic E-state index is 12.1. The largest absolute Gasteiger partial charge is 0.464 e. The van der Waals surface area contributed by atoms with Crippen molar-refractivity contribution in [2.75, 3.05) is 13.2 Å². The van der Waals surface area contributed by atoms with Gasteiger partial charge in [0.15, 0.2) is 0 Å². The van der Waals surface area contributed by atoms with Crippen LogP contribution in [0.15, 0.2) is 97.1 Å². The van der Waals surface area contributed by atoms with Crippen LogP contribution in [-0.4, -0.2) is 82.0 Å². The third-order valence-electron chi connectivity index (χ3n) is 10.9. The molecule has 2 N–H and O–H groups in total. The third-order valence-corrected chi connectivity index (χ3v) is 10.9. The van der Waals surface area contributed by atoms with E-state index in [1.807, 2.05) is 48.5 Å². The molecule has 0 unspecified atom stereocenters. The Morgan fingerprint density at radius 3 is 1.32 bits per heavy atom. The van der Waals surface area contributed by atoms with Crippen molar-refractivity contribution in [3.63, 3.8) is 0 Å². The van der Waals surface area contributed by atoms with Crippen molar-refractivity contribution in [1.29, 1.82) is 0 Å². The van der Waals surface area contributed by atoms with Gasteiger partial charge in [0.25, 0.3) is 0 Å². The molecule has 4 aromatic rings. The summed E-state index contributed by atoms with van der Waals surface area (Å²) < 4.78 is 10.4. The maximum Gasteiger partial charge on any atom is 0.326 e. The van der Waals surface area contributed by atoms with Crippen LogP contribution in [0.1, 0.15) is 58.4 Å². The first-order valence-electron chi connectivity index (χ1n) is 19.4. The quantitative estimate of drug-likeness (QED) is 0.173. The fraction of sp³-hybridized carbons (Fsp3) is 0.391. The van der Waals surface area contributed by atoms with E-state index in [9.17, 15) is 19.8 Å². The molecule has 0 saturated carbocycles. The predicted molar refractivity (Wildman–Crippen MR) is 209 cm³/mol. The monoisotopic (exact) mass is 758 g/mol. The van der Waals surface area contributed by atoms with Crippen LogP contribution in [0.4, 0.5) is 0 Å². The lowest BCUT2D eigenvalue weighted by atomic mass is 9.95. The molecule has 4 heterocycles. The van der Waals surface area contributed by atoms with Crippen molar-refractivity contribution >= 4 is 11.9 Å². The number of hydrogen-bond donors (Lipinski definition) is 2. The number of nitrogens with zero attached hydrogens (tertiary/aromatic N) is 2. The van der Waals surface area contributed by atoms with Gasteiger partial charge in [0, 0.05) is 11.1 Å². The first-order valence-corrected chi connectivity index (χ1v) is 19.4. The van der Waals surface area contributed by atoms with E-state index in [-0.39, 0.29) is 23.8 Å². The molecule has 0 amide bonds. The SMILES string of the molecule is Cc1ccc(C#Cc2ccc(CN3O[C@@H]([C@H](C)O)[C@H]4COC(=O)[C@H]43)cc2)cc1.Cc1ccc(CCc2ccc(CN3O[C@@H]([C@H](C)O)[C@H]4COC(=O)[C@H]43)cc2)cc1. The molecule has 4 saturated heterocycles. The van der Waals surface area contributed by atoms with E-state index in [0.717, 1.165) is 35.1 Å². The number of esters is 2. The van der Waals surface area contributed by atoms with Gasteiger partial charge in [0.05, 0.1) is 50.3 Å². The van der Waals surface area contributed by atoms with Crippen molar-refractivity contribution in [3.8, 4) is 11.8 Å². The van der Waals surface area contributed by atoms with Crippen LogP contribution in [0.2, 0.25) is 0 Å². The average Bonchev–Trinajstić information content (AvgIpc) is 3.96. The first kappa shape index (κ1) is 39.4. The molecule has 0 radical (unpaired) electrons. The molecule has 56 heavy (non-hydrogen) atoms. The summed E-state index contributed by atoms with van der Waals surface area (Å²) in [6.07, 6.45) is -0.116. The summed E-state index contributed by atoms with van der Waals surface area (Å²) in [6, 6.07) is 32.2. The van der Waals surface area contributed by atoms with Crippen LogP contribution < -0.4 is 0 Å². The Morgan fingerprint density at radius 1 is 0.571 bits per heavy atom. The molecule has 0 aliphatic carbocycles. The molecule has 10 heteroatoms. The normalized spacial score (nSPS) is 25.2. The number of ether oxygens (including phenoxy) is 2. The fourth-order valence-corrected chi connectivity index (χ4v) is 7.72. The second-order valence-electron chi connectivity index (χ2n) is 15.4. The van der Waals surface area contributed by atoms with Gasteiger partial charge in [0.2, 0.25) is 0 Å². The molecular weight excluding hydrogens is 709 g/mol. The Balaban J connectivity index is 0.000000172. The standard InChI is InChI=1S/C23H27NO4.C23H23NO4/c2*1-15-3-5-17(6-4-15)7-8-18-9-11-19(12-10-18)13-24-21-20(14-27-23(21)26)22(28-24)16(2)25/h3-6,9-12,16,20-22,25H,7-8,13-14H2,1-2H3;3-6,9-12,16,20-22,25H,13-14H2,1-2H3/t2*16-,20-,21-,22-/m00/s1. The van der Waals surface area contributed by atoms with E-state index in [2.05, 4.69) is 74.2 Å². The minimum Gasteiger partial charge on any atom is -0.464 e. The molecule has 4 aliphatic heterocycles. The Hall–Kier alpha value is -4.86. The number of rotatable bonds is 9. The summed E-state index contributed by atoms with van der Waals surface area (Å²) in [4.78, 5) is 35.9. The molecular formula is C46H50N2O8. The van der Waals surface area contributed by atoms with Gasteiger partial charge in [-0.15, -0.1) is 0 Å². The summed E-state index contributed by atoms with van der Waals surface area (Å²) in [5.41, 5.74) is 9.10. The van der Waals surface area contributed by atoms with Crippen molar-refractivity contribution < 1.29 is 39.0 Å². The number of aliphatic hydroxyl groups is 2. The van der Waals surface area contributed by atoms with Crippen LogP contribution in [0, 0.1) is 37.5 Å². The zero-order valence-electron chi connectivity index (χ0n) is 32.3. The lowest BCUT2D eigenvalue weighted by Gasteiger charge is -2.21. The molecule has 8 rings (SSSR count). The molecule has 0 spiro atoms. The van der Waals surface area contributed by atoms with E-state index >= 15 is 0 Å². The van der Waals surface area contributed by atoms with Gasteiger partial charge < -0.3 is 19.7 Å². The zero-order valence-corrected chi connectivity index (χ0v) is 32.3. The summed E-state index contributed by atoms with van der Waals surface area (Å²) in [5, 5.41) is 23.2. The second-order valence-corrected chi connectivity index (χ2v) is 15.4. The Bertz CT molecular complexity index is 2020.